The van der Waals surface area contributed by atoms with Crippen LogP contribution in [0.1, 0.15) is 35.1 Å². The summed E-state index contributed by atoms with van der Waals surface area (Å²) >= 11 is 0. The van der Waals surface area contributed by atoms with E-state index in [4.69, 9.17) is 14.5 Å². The minimum absolute atomic E-state index is 0.538. The molecule has 0 spiro atoms. The molecule has 3 rings (SSSR count). The van der Waals surface area contributed by atoms with Gasteiger partial charge in [-0.2, -0.15) is 0 Å². The van der Waals surface area contributed by atoms with E-state index in [2.05, 4.69) is 66.9 Å². The van der Waals surface area contributed by atoms with Crippen molar-refractivity contribution in [2.75, 3.05) is 33.4 Å². The fourth-order valence-electron chi connectivity index (χ4n) is 3.43. The van der Waals surface area contributed by atoms with Crippen molar-refractivity contribution in [2.24, 2.45) is 4.99 Å². The summed E-state index contributed by atoms with van der Waals surface area (Å²) < 4.78 is 11.0. The summed E-state index contributed by atoms with van der Waals surface area (Å²) in [4.78, 5) is 4.77. The zero-order valence-electron chi connectivity index (χ0n) is 17.1. The molecule has 1 aliphatic carbocycles. The molecule has 28 heavy (non-hydrogen) atoms. The Morgan fingerprint density at radius 2 is 2.00 bits per heavy atom. The molecule has 0 aromatic heterocycles. The summed E-state index contributed by atoms with van der Waals surface area (Å²) in [6.45, 7) is 7.56. The Morgan fingerprint density at radius 1 is 1.14 bits per heavy atom. The van der Waals surface area contributed by atoms with E-state index < -0.39 is 0 Å². The van der Waals surface area contributed by atoms with Gasteiger partial charge in [-0.15, -0.1) is 0 Å². The second-order valence-corrected chi connectivity index (χ2v) is 7.13. The maximum Gasteiger partial charge on any atom is 0.191 e. The van der Waals surface area contributed by atoms with Gasteiger partial charge in [0.1, 0.15) is 12.4 Å². The van der Waals surface area contributed by atoms with Crippen LogP contribution < -0.4 is 15.4 Å². The molecule has 0 aliphatic heterocycles. The number of hydrogen-bond donors (Lipinski definition) is 2. The van der Waals surface area contributed by atoms with Crippen molar-refractivity contribution < 1.29 is 9.47 Å². The monoisotopic (exact) mass is 381 g/mol. The first-order chi connectivity index (χ1) is 13.7. The molecule has 150 valence electrons. The first kappa shape index (κ1) is 20.2. The van der Waals surface area contributed by atoms with Crippen molar-refractivity contribution in [1.82, 2.24) is 10.6 Å². The number of hydrogen-bond acceptors (Lipinski definition) is 3. The second kappa shape index (κ2) is 10.1. The van der Waals surface area contributed by atoms with Crippen LogP contribution in [0.15, 0.2) is 47.5 Å². The fourth-order valence-corrected chi connectivity index (χ4v) is 3.43. The maximum absolute atomic E-state index is 5.88. The average molecular weight is 382 g/mol. The molecule has 2 N–H and O–H groups in total. The van der Waals surface area contributed by atoms with Crippen molar-refractivity contribution in [3.63, 3.8) is 0 Å². The van der Waals surface area contributed by atoms with Gasteiger partial charge < -0.3 is 20.1 Å². The lowest BCUT2D eigenvalue weighted by atomic mass is 9.78. The van der Waals surface area contributed by atoms with Crippen molar-refractivity contribution in [3.8, 4) is 5.75 Å². The number of aliphatic imine (C=N–C) groups is 1. The molecule has 5 nitrogen and oxygen atoms in total. The van der Waals surface area contributed by atoms with Crippen LogP contribution in [0.3, 0.4) is 0 Å². The van der Waals surface area contributed by atoms with Crippen molar-refractivity contribution in [3.05, 3.63) is 64.7 Å². The molecule has 0 saturated heterocycles. The highest BCUT2D eigenvalue weighted by Crippen LogP contribution is 2.33. The molecular weight excluding hydrogens is 350 g/mol. The molecule has 0 bridgehead atoms. The van der Waals surface area contributed by atoms with Crippen LogP contribution in [0.25, 0.3) is 0 Å². The van der Waals surface area contributed by atoms with E-state index in [1.165, 1.54) is 16.7 Å². The number of rotatable bonds is 9. The summed E-state index contributed by atoms with van der Waals surface area (Å²) in [5, 5.41) is 6.84. The minimum Gasteiger partial charge on any atom is -0.491 e. The van der Waals surface area contributed by atoms with E-state index in [0.717, 1.165) is 36.8 Å². The van der Waals surface area contributed by atoms with E-state index in [9.17, 15) is 0 Å². The van der Waals surface area contributed by atoms with E-state index in [0.29, 0.717) is 25.7 Å². The number of methoxy groups -OCH3 is 1. The molecule has 0 radical (unpaired) electrons. The Bertz CT molecular complexity index is 804. The topological polar surface area (TPSA) is 54.9 Å². The lowest BCUT2D eigenvalue weighted by Crippen LogP contribution is -2.41. The smallest absolute Gasteiger partial charge is 0.191 e. The van der Waals surface area contributed by atoms with Gasteiger partial charge in [0.2, 0.25) is 0 Å². The van der Waals surface area contributed by atoms with Gasteiger partial charge in [-0.25, -0.2) is 4.99 Å². The third-order valence-corrected chi connectivity index (χ3v) is 5.00. The second-order valence-electron chi connectivity index (χ2n) is 7.13. The normalized spacial score (nSPS) is 15.5. The molecule has 0 amide bonds. The highest BCUT2D eigenvalue weighted by Gasteiger charge is 2.25. The number of guanidine groups is 1. The lowest BCUT2D eigenvalue weighted by Gasteiger charge is -2.30. The van der Waals surface area contributed by atoms with E-state index in [1.807, 2.05) is 0 Å². The van der Waals surface area contributed by atoms with Gasteiger partial charge >= 0.3 is 0 Å². The first-order valence-electron chi connectivity index (χ1n) is 10.0. The number of benzene rings is 2. The number of nitrogens with one attached hydrogen (secondary N) is 2. The van der Waals surface area contributed by atoms with Gasteiger partial charge in [-0.05, 0) is 43.0 Å². The Kier molecular flexibility index (Phi) is 7.31. The van der Waals surface area contributed by atoms with Crippen LogP contribution in [-0.2, 0) is 17.7 Å². The fraction of sp³-hybridized carbons (Fsp3) is 0.435. The summed E-state index contributed by atoms with van der Waals surface area (Å²) in [5.74, 6) is 2.28. The summed E-state index contributed by atoms with van der Waals surface area (Å²) in [5.41, 5.74) is 5.17. The quantitative estimate of drug-likeness (QED) is 0.397. The van der Waals surface area contributed by atoms with Gasteiger partial charge in [0.05, 0.1) is 13.2 Å². The molecule has 0 fully saturated rings. The standard InChI is InChI=1S/C23H31N3O2/c1-4-24-23(26-16-20-14-18-7-5-6-8-21(18)20)25-15-19-10-9-17(2)13-22(19)28-12-11-27-3/h5-10,13,20H,4,11-12,14-16H2,1-3H3,(H2,24,25,26). The molecule has 2 aromatic carbocycles. The van der Waals surface area contributed by atoms with Gasteiger partial charge in [0, 0.05) is 31.7 Å². The highest BCUT2D eigenvalue weighted by molar-refractivity contribution is 5.80. The third kappa shape index (κ3) is 5.26. The lowest BCUT2D eigenvalue weighted by molar-refractivity contribution is 0.145. The van der Waals surface area contributed by atoms with E-state index in [-0.39, 0.29) is 0 Å². The predicted molar refractivity (Wildman–Crippen MR) is 114 cm³/mol. The van der Waals surface area contributed by atoms with Gasteiger partial charge in [0.25, 0.3) is 0 Å². The Hall–Kier alpha value is -2.53. The summed E-state index contributed by atoms with van der Waals surface area (Å²) in [6, 6.07) is 14.9. The van der Waals surface area contributed by atoms with Crippen LogP contribution in [0.5, 0.6) is 5.75 Å². The molecule has 2 aromatic rings. The number of aryl methyl sites for hydroxylation is 1. The van der Waals surface area contributed by atoms with Gasteiger partial charge in [-0.3, -0.25) is 0 Å². The first-order valence-corrected chi connectivity index (χ1v) is 10.0. The van der Waals surface area contributed by atoms with Crippen molar-refractivity contribution >= 4 is 5.96 Å². The molecular formula is C23H31N3O2. The Balaban J connectivity index is 1.61. The predicted octanol–water partition coefficient (Wildman–Crippen LogP) is 3.42. The van der Waals surface area contributed by atoms with E-state index in [1.54, 1.807) is 7.11 Å². The third-order valence-electron chi connectivity index (χ3n) is 5.00. The number of fused-ring (bicyclic) bond motifs is 1. The van der Waals surface area contributed by atoms with E-state index >= 15 is 0 Å². The zero-order chi connectivity index (χ0) is 19.8. The minimum atomic E-state index is 0.538. The van der Waals surface area contributed by atoms with Crippen molar-refractivity contribution in [2.45, 2.75) is 32.7 Å². The Morgan fingerprint density at radius 3 is 2.79 bits per heavy atom. The molecule has 0 saturated carbocycles. The Labute approximate surface area is 168 Å². The molecule has 1 unspecified atom stereocenters. The van der Waals surface area contributed by atoms with Gasteiger partial charge in [-0.1, -0.05) is 36.4 Å². The number of nitrogens with zero attached hydrogens (tertiary/aromatic N) is 1. The highest BCUT2D eigenvalue weighted by atomic mass is 16.5. The number of ether oxygens (including phenoxy) is 2. The summed E-state index contributed by atoms with van der Waals surface area (Å²) in [6.07, 6.45) is 1.14. The molecule has 1 atom stereocenters. The van der Waals surface area contributed by atoms with Crippen LogP contribution in [-0.4, -0.2) is 39.4 Å². The largest absolute Gasteiger partial charge is 0.491 e. The maximum atomic E-state index is 5.88. The van der Waals surface area contributed by atoms with Gasteiger partial charge in [0.15, 0.2) is 5.96 Å². The molecule has 0 heterocycles. The SMILES string of the molecule is CCNC(=NCc1ccc(C)cc1OCCOC)NCC1Cc2ccccc21. The van der Waals surface area contributed by atoms with Crippen LogP contribution in [0.2, 0.25) is 0 Å². The average Bonchev–Trinajstić information content (AvgIpc) is 2.68. The van der Waals surface area contributed by atoms with Crippen LogP contribution in [0.4, 0.5) is 0 Å². The molecule has 1 aliphatic rings. The van der Waals surface area contributed by atoms with Crippen LogP contribution >= 0.6 is 0 Å². The summed E-state index contributed by atoms with van der Waals surface area (Å²) in [7, 11) is 1.68. The van der Waals surface area contributed by atoms with Crippen LogP contribution in [0, 0.1) is 6.92 Å². The van der Waals surface area contributed by atoms with Crippen molar-refractivity contribution in [1.29, 1.82) is 0 Å². The molecule has 5 heteroatoms. The zero-order valence-corrected chi connectivity index (χ0v) is 17.1.